The molecule has 0 atom stereocenters. The summed E-state index contributed by atoms with van der Waals surface area (Å²) in [5.74, 6) is -0.308. The highest BCUT2D eigenvalue weighted by Gasteiger charge is 2.21. The number of hydrogen-bond donors (Lipinski definition) is 1. The smallest absolute Gasteiger partial charge is 0.264 e. The largest absolute Gasteiger partial charge is 0.322 e. The minimum Gasteiger partial charge on any atom is -0.322 e. The van der Waals surface area contributed by atoms with E-state index in [1.807, 2.05) is 42.5 Å². The van der Waals surface area contributed by atoms with Crippen LogP contribution >= 0.6 is 0 Å². The van der Waals surface area contributed by atoms with E-state index in [0.717, 1.165) is 10.8 Å². The fraction of sp³-hybridized carbons (Fsp3) is 0.0417. The Morgan fingerprint density at radius 3 is 2.23 bits per heavy atom. The lowest BCUT2D eigenvalue weighted by Crippen LogP contribution is -2.26. The predicted octanol–water partition coefficient (Wildman–Crippen LogP) is 4.92. The number of carbonyl (C=O) groups is 1. The van der Waals surface area contributed by atoms with Crippen molar-refractivity contribution in [2.75, 3.05) is 16.7 Å². The summed E-state index contributed by atoms with van der Waals surface area (Å²) in [7, 11) is -2.24. The number of nitrogens with zero attached hydrogens (tertiary/aromatic N) is 1. The maximum atomic E-state index is 12.9. The first-order valence-electron chi connectivity index (χ1n) is 9.39. The van der Waals surface area contributed by atoms with Gasteiger partial charge in [0.25, 0.3) is 15.9 Å². The van der Waals surface area contributed by atoms with Gasteiger partial charge in [-0.2, -0.15) is 0 Å². The highest BCUT2D eigenvalue weighted by Crippen LogP contribution is 2.24. The van der Waals surface area contributed by atoms with Crippen LogP contribution in [-0.2, 0) is 10.0 Å². The number of sulfonamides is 1. The van der Waals surface area contributed by atoms with Crippen molar-refractivity contribution in [3.05, 3.63) is 103 Å². The summed E-state index contributed by atoms with van der Waals surface area (Å²) < 4.78 is 26.9. The number of carbonyl (C=O) groups excluding carboxylic acids is 1. The summed E-state index contributed by atoms with van der Waals surface area (Å²) in [6, 6.07) is 28.3. The maximum absolute atomic E-state index is 12.9. The van der Waals surface area contributed by atoms with Crippen LogP contribution in [0.3, 0.4) is 0 Å². The molecule has 1 amide bonds. The molecular formula is C24H20N2O3S. The first-order chi connectivity index (χ1) is 14.4. The average Bonchev–Trinajstić information content (AvgIpc) is 2.79. The van der Waals surface area contributed by atoms with Crippen molar-refractivity contribution in [1.29, 1.82) is 0 Å². The van der Waals surface area contributed by atoms with Gasteiger partial charge in [-0.1, -0.05) is 54.6 Å². The van der Waals surface area contributed by atoms with Gasteiger partial charge in [0, 0.05) is 18.3 Å². The molecule has 5 nitrogen and oxygen atoms in total. The molecule has 0 aromatic heterocycles. The molecule has 0 aliphatic rings. The van der Waals surface area contributed by atoms with Crippen LogP contribution in [0.15, 0.2) is 102 Å². The lowest BCUT2D eigenvalue weighted by Gasteiger charge is -2.20. The lowest BCUT2D eigenvalue weighted by molar-refractivity contribution is 0.102. The zero-order chi connectivity index (χ0) is 21.1. The first-order valence-corrected chi connectivity index (χ1v) is 10.8. The normalized spacial score (nSPS) is 11.2. The third-order valence-corrected chi connectivity index (χ3v) is 6.68. The van der Waals surface area contributed by atoms with Gasteiger partial charge < -0.3 is 5.32 Å². The Bertz CT molecular complexity index is 1320. The van der Waals surface area contributed by atoms with E-state index in [1.165, 1.54) is 11.4 Å². The molecule has 6 heteroatoms. The molecule has 0 fully saturated rings. The van der Waals surface area contributed by atoms with Crippen molar-refractivity contribution in [2.45, 2.75) is 4.90 Å². The monoisotopic (exact) mass is 416 g/mol. The number of hydrogen-bond acceptors (Lipinski definition) is 3. The van der Waals surface area contributed by atoms with Crippen LogP contribution < -0.4 is 9.62 Å². The van der Waals surface area contributed by atoms with E-state index in [-0.39, 0.29) is 10.8 Å². The van der Waals surface area contributed by atoms with Gasteiger partial charge in [0.05, 0.1) is 10.6 Å². The molecule has 0 saturated heterocycles. The average molecular weight is 417 g/mol. The van der Waals surface area contributed by atoms with Crippen LogP contribution in [0.25, 0.3) is 10.8 Å². The Morgan fingerprint density at radius 2 is 1.47 bits per heavy atom. The van der Waals surface area contributed by atoms with E-state index in [9.17, 15) is 13.2 Å². The summed E-state index contributed by atoms with van der Waals surface area (Å²) in [5, 5.41) is 4.99. The van der Waals surface area contributed by atoms with E-state index in [0.29, 0.717) is 16.9 Å². The molecule has 0 spiro atoms. The number of anilines is 2. The van der Waals surface area contributed by atoms with Gasteiger partial charge in [-0.15, -0.1) is 0 Å². The van der Waals surface area contributed by atoms with Gasteiger partial charge in [-0.3, -0.25) is 9.10 Å². The molecule has 4 aromatic rings. The second-order valence-electron chi connectivity index (χ2n) is 6.85. The molecule has 1 N–H and O–H groups in total. The summed E-state index contributed by atoms with van der Waals surface area (Å²) in [6.07, 6.45) is 0. The van der Waals surface area contributed by atoms with Crippen LogP contribution in [0, 0.1) is 0 Å². The van der Waals surface area contributed by atoms with Gasteiger partial charge in [0.2, 0.25) is 0 Å². The number of benzene rings is 4. The predicted molar refractivity (Wildman–Crippen MR) is 120 cm³/mol. The van der Waals surface area contributed by atoms with Crippen molar-refractivity contribution in [2.24, 2.45) is 0 Å². The summed E-state index contributed by atoms with van der Waals surface area (Å²) in [5.41, 5.74) is 1.45. The minimum atomic E-state index is -3.72. The summed E-state index contributed by atoms with van der Waals surface area (Å²) in [6.45, 7) is 0. The van der Waals surface area contributed by atoms with Crippen molar-refractivity contribution in [1.82, 2.24) is 0 Å². The van der Waals surface area contributed by atoms with Crippen LogP contribution in [0.2, 0.25) is 0 Å². The van der Waals surface area contributed by atoms with Crippen LogP contribution in [0.5, 0.6) is 0 Å². The molecule has 0 saturated carbocycles. The minimum absolute atomic E-state index is 0.193. The molecule has 30 heavy (non-hydrogen) atoms. The number of amides is 1. The van der Waals surface area contributed by atoms with E-state index in [4.69, 9.17) is 0 Å². The Balaban J connectivity index is 1.58. The molecule has 0 heterocycles. The standard InChI is InChI=1S/C24H20N2O3S/c1-26(30(28,29)23-12-3-2-4-13-23)22-11-7-10-20(17-22)24(27)25-21-15-14-18-8-5-6-9-19(18)16-21/h2-17H,1H3,(H,25,27). The molecule has 0 unspecified atom stereocenters. The highest BCUT2D eigenvalue weighted by molar-refractivity contribution is 7.92. The second kappa shape index (κ2) is 8.00. The van der Waals surface area contributed by atoms with E-state index >= 15 is 0 Å². The first kappa shape index (κ1) is 19.7. The van der Waals surface area contributed by atoms with Crippen molar-refractivity contribution in [3.8, 4) is 0 Å². The Labute approximate surface area is 175 Å². The van der Waals surface area contributed by atoms with Crippen LogP contribution in [-0.4, -0.2) is 21.4 Å². The Hall–Kier alpha value is -3.64. The van der Waals surface area contributed by atoms with Crippen molar-refractivity contribution < 1.29 is 13.2 Å². The van der Waals surface area contributed by atoms with Gasteiger partial charge in [-0.25, -0.2) is 8.42 Å². The molecule has 0 bridgehead atoms. The molecule has 150 valence electrons. The summed E-state index contributed by atoms with van der Waals surface area (Å²) >= 11 is 0. The number of fused-ring (bicyclic) bond motifs is 1. The Kier molecular flexibility index (Phi) is 5.25. The molecule has 4 rings (SSSR count). The Morgan fingerprint density at radius 1 is 0.767 bits per heavy atom. The molecule has 0 radical (unpaired) electrons. The topological polar surface area (TPSA) is 66.5 Å². The van der Waals surface area contributed by atoms with Crippen molar-refractivity contribution in [3.63, 3.8) is 0 Å². The van der Waals surface area contributed by atoms with Gasteiger partial charge in [0.15, 0.2) is 0 Å². The highest BCUT2D eigenvalue weighted by atomic mass is 32.2. The fourth-order valence-corrected chi connectivity index (χ4v) is 4.41. The molecular weight excluding hydrogens is 396 g/mol. The van der Waals surface area contributed by atoms with E-state index in [1.54, 1.807) is 54.6 Å². The number of rotatable bonds is 5. The maximum Gasteiger partial charge on any atom is 0.264 e. The fourth-order valence-electron chi connectivity index (χ4n) is 3.20. The van der Waals surface area contributed by atoms with Crippen LogP contribution in [0.1, 0.15) is 10.4 Å². The lowest BCUT2D eigenvalue weighted by atomic mass is 10.1. The molecule has 0 aliphatic heterocycles. The quantitative estimate of drug-likeness (QED) is 0.502. The third-order valence-electron chi connectivity index (χ3n) is 4.88. The summed E-state index contributed by atoms with van der Waals surface area (Å²) in [4.78, 5) is 13.0. The van der Waals surface area contributed by atoms with Gasteiger partial charge >= 0.3 is 0 Å². The van der Waals surface area contributed by atoms with Gasteiger partial charge in [0.1, 0.15) is 0 Å². The molecule has 4 aromatic carbocycles. The van der Waals surface area contributed by atoms with Crippen LogP contribution in [0.4, 0.5) is 11.4 Å². The van der Waals surface area contributed by atoms with E-state index < -0.39 is 10.0 Å². The SMILES string of the molecule is CN(c1cccc(C(=O)Nc2ccc3ccccc3c2)c1)S(=O)(=O)c1ccccc1. The van der Waals surface area contributed by atoms with Crippen molar-refractivity contribution >= 4 is 38.1 Å². The molecule has 0 aliphatic carbocycles. The zero-order valence-electron chi connectivity index (χ0n) is 16.3. The third kappa shape index (κ3) is 3.90. The second-order valence-corrected chi connectivity index (χ2v) is 8.82. The van der Waals surface area contributed by atoms with Gasteiger partial charge in [-0.05, 0) is 53.2 Å². The zero-order valence-corrected chi connectivity index (χ0v) is 17.1. The number of nitrogens with one attached hydrogen (secondary N) is 1. The van der Waals surface area contributed by atoms with E-state index in [2.05, 4.69) is 5.32 Å².